The second-order valence-corrected chi connectivity index (χ2v) is 6.36. The summed E-state index contributed by atoms with van der Waals surface area (Å²) in [5.74, 6) is -0.189. The van der Waals surface area contributed by atoms with E-state index in [0.717, 1.165) is 10.0 Å². The number of carbonyl (C=O) groups excluding carboxylic acids is 1. The van der Waals surface area contributed by atoms with Crippen molar-refractivity contribution in [2.45, 2.75) is 33.4 Å². The Morgan fingerprint density at radius 2 is 1.95 bits per heavy atom. The van der Waals surface area contributed by atoms with Crippen LogP contribution in [0, 0.1) is 13.8 Å². The molecule has 2 aromatic rings. The average Bonchev–Trinajstić information content (AvgIpc) is 2.45. The van der Waals surface area contributed by atoms with Crippen LogP contribution in [0.4, 0.5) is 0 Å². The van der Waals surface area contributed by atoms with Gasteiger partial charge in [-0.1, -0.05) is 18.2 Å². The topological polar surface area (TPSA) is 51.1 Å². The van der Waals surface area contributed by atoms with Crippen LogP contribution in [0.5, 0.6) is 0 Å². The fourth-order valence-electron chi connectivity index (χ4n) is 2.18. The first-order valence-electron chi connectivity index (χ1n) is 7.09. The number of pyridine rings is 1. The molecule has 0 unspecified atom stereocenters. The van der Waals surface area contributed by atoms with E-state index in [1.54, 1.807) is 12.3 Å². The molecule has 116 valence electrons. The summed E-state index contributed by atoms with van der Waals surface area (Å²) in [5, 5.41) is 2.92. The van der Waals surface area contributed by atoms with Crippen LogP contribution in [-0.2, 0) is 11.3 Å². The fourth-order valence-corrected chi connectivity index (χ4v) is 2.56. The van der Waals surface area contributed by atoms with Crippen molar-refractivity contribution in [2.75, 3.05) is 0 Å². The minimum atomic E-state index is -0.197. The number of amides is 1. The van der Waals surface area contributed by atoms with Gasteiger partial charge < -0.3 is 9.88 Å². The maximum atomic E-state index is 12.1. The van der Waals surface area contributed by atoms with Gasteiger partial charge >= 0.3 is 0 Å². The van der Waals surface area contributed by atoms with Crippen LogP contribution < -0.4 is 10.9 Å². The number of carbonyl (C=O) groups is 1. The van der Waals surface area contributed by atoms with Crippen molar-refractivity contribution in [1.82, 2.24) is 9.88 Å². The number of hydrogen-bond acceptors (Lipinski definition) is 2. The highest BCUT2D eigenvalue weighted by atomic mass is 79.9. The minimum Gasteiger partial charge on any atom is -0.348 e. The van der Waals surface area contributed by atoms with Crippen LogP contribution in [0.25, 0.3) is 0 Å². The summed E-state index contributed by atoms with van der Waals surface area (Å²) in [6.45, 7) is 6.05. The Bertz CT molecular complexity index is 753. The summed E-state index contributed by atoms with van der Waals surface area (Å²) in [4.78, 5) is 23.8. The predicted molar refractivity (Wildman–Crippen MR) is 90.9 cm³/mol. The maximum Gasteiger partial charge on any atom is 0.251 e. The standard InChI is InChI=1S/C17H19BrN2O2/c1-11-4-5-14(8-12(11)2)13(3)19-16(21)10-20-9-15(18)6-7-17(20)22/h4-9,13H,10H2,1-3H3,(H,19,21)/t13-/m0/s1. The first-order valence-corrected chi connectivity index (χ1v) is 7.88. The van der Waals surface area contributed by atoms with Crippen molar-refractivity contribution in [2.24, 2.45) is 0 Å². The molecule has 1 amide bonds. The van der Waals surface area contributed by atoms with Crippen LogP contribution >= 0.6 is 15.9 Å². The van der Waals surface area contributed by atoms with Gasteiger partial charge in [-0.05, 0) is 59.5 Å². The highest BCUT2D eigenvalue weighted by molar-refractivity contribution is 9.10. The molecule has 0 aliphatic heterocycles. The van der Waals surface area contributed by atoms with Crippen LogP contribution in [0.1, 0.15) is 29.7 Å². The summed E-state index contributed by atoms with van der Waals surface area (Å²) < 4.78 is 2.15. The third-order valence-electron chi connectivity index (χ3n) is 3.67. The third-order valence-corrected chi connectivity index (χ3v) is 4.14. The molecule has 1 atom stereocenters. The lowest BCUT2D eigenvalue weighted by molar-refractivity contribution is -0.122. The zero-order chi connectivity index (χ0) is 16.3. The molecule has 0 aliphatic rings. The van der Waals surface area contributed by atoms with E-state index in [9.17, 15) is 9.59 Å². The van der Waals surface area contributed by atoms with E-state index in [-0.39, 0.29) is 24.1 Å². The third kappa shape index (κ3) is 4.07. The summed E-state index contributed by atoms with van der Waals surface area (Å²) in [6.07, 6.45) is 1.61. The fraction of sp³-hybridized carbons (Fsp3) is 0.294. The highest BCUT2D eigenvalue weighted by Crippen LogP contribution is 2.16. The van der Waals surface area contributed by atoms with Crippen molar-refractivity contribution in [3.05, 3.63) is 68.0 Å². The zero-order valence-electron chi connectivity index (χ0n) is 12.9. The zero-order valence-corrected chi connectivity index (χ0v) is 14.5. The molecule has 4 nitrogen and oxygen atoms in total. The van der Waals surface area contributed by atoms with Crippen molar-refractivity contribution < 1.29 is 4.79 Å². The van der Waals surface area contributed by atoms with Crippen molar-refractivity contribution >= 4 is 21.8 Å². The summed E-state index contributed by atoms with van der Waals surface area (Å²) in [7, 11) is 0. The van der Waals surface area contributed by atoms with E-state index >= 15 is 0 Å². The highest BCUT2D eigenvalue weighted by Gasteiger charge is 2.11. The van der Waals surface area contributed by atoms with E-state index in [1.807, 2.05) is 19.1 Å². The van der Waals surface area contributed by atoms with E-state index < -0.39 is 0 Å². The van der Waals surface area contributed by atoms with Crippen LogP contribution in [0.3, 0.4) is 0 Å². The Balaban J connectivity index is 2.06. The Kier molecular flexibility index (Phi) is 5.19. The molecule has 0 bridgehead atoms. The van der Waals surface area contributed by atoms with Gasteiger partial charge in [0.15, 0.2) is 0 Å². The molecule has 1 heterocycles. The molecule has 0 radical (unpaired) electrons. The second kappa shape index (κ2) is 6.92. The Morgan fingerprint density at radius 1 is 1.23 bits per heavy atom. The number of halogens is 1. The van der Waals surface area contributed by atoms with Crippen molar-refractivity contribution in [1.29, 1.82) is 0 Å². The molecule has 0 spiro atoms. The smallest absolute Gasteiger partial charge is 0.251 e. The van der Waals surface area contributed by atoms with Gasteiger partial charge in [0.25, 0.3) is 5.56 Å². The quantitative estimate of drug-likeness (QED) is 0.908. The number of nitrogens with one attached hydrogen (secondary N) is 1. The summed E-state index contributed by atoms with van der Waals surface area (Å²) in [6, 6.07) is 9.13. The number of nitrogens with zero attached hydrogens (tertiary/aromatic N) is 1. The molecule has 0 aliphatic carbocycles. The maximum absolute atomic E-state index is 12.1. The predicted octanol–water partition coefficient (Wildman–Crippen LogP) is 3.11. The Morgan fingerprint density at radius 3 is 2.64 bits per heavy atom. The molecule has 0 saturated heterocycles. The van der Waals surface area contributed by atoms with Gasteiger partial charge in [-0.3, -0.25) is 9.59 Å². The van der Waals surface area contributed by atoms with Gasteiger partial charge in [0, 0.05) is 16.7 Å². The molecular weight excluding hydrogens is 344 g/mol. The second-order valence-electron chi connectivity index (χ2n) is 5.45. The van der Waals surface area contributed by atoms with E-state index in [4.69, 9.17) is 0 Å². The largest absolute Gasteiger partial charge is 0.348 e. The number of hydrogen-bond donors (Lipinski definition) is 1. The van der Waals surface area contributed by atoms with Gasteiger partial charge in [0.1, 0.15) is 6.54 Å². The molecular formula is C17H19BrN2O2. The molecule has 1 N–H and O–H groups in total. The van der Waals surface area contributed by atoms with Crippen LogP contribution in [0.15, 0.2) is 45.8 Å². The lowest BCUT2D eigenvalue weighted by Gasteiger charge is -2.16. The average molecular weight is 363 g/mol. The van der Waals surface area contributed by atoms with Crippen molar-refractivity contribution in [3.63, 3.8) is 0 Å². The number of rotatable bonds is 4. The molecule has 5 heteroatoms. The molecule has 1 aromatic heterocycles. The SMILES string of the molecule is Cc1ccc([C@H](C)NC(=O)Cn2cc(Br)ccc2=O)cc1C. The molecule has 22 heavy (non-hydrogen) atoms. The van der Waals surface area contributed by atoms with Crippen molar-refractivity contribution in [3.8, 4) is 0 Å². The van der Waals surface area contributed by atoms with Gasteiger partial charge in [-0.2, -0.15) is 0 Å². The van der Waals surface area contributed by atoms with Gasteiger partial charge in [0.2, 0.25) is 5.91 Å². The normalized spacial score (nSPS) is 12.0. The lowest BCUT2D eigenvalue weighted by Crippen LogP contribution is -2.33. The molecule has 1 aromatic carbocycles. The van der Waals surface area contributed by atoms with Crippen LogP contribution in [-0.4, -0.2) is 10.5 Å². The molecule has 0 fully saturated rings. The summed E-state index contributed by atoms with van der Waals surface area (Å²) >= 11 is 3.30. The van der Waals surface area contributed by atoms with Gasteiger partial charge in [-0.25, -0.2) is 0 Å². The van der Waals surface area contributed by atoms with Gasteiger partial charge in [0.05, 0.1) is 6.04 Å². The number of aromatic nitrogens is 1. The van der Waals surface area contributed by atoms with E-state index in [0.29, 0.717) is 0 Å². The van der Waals surface area contributed by atoms with E-state index in [2.05, 4.69) is 41.2 Å². The Labute approximate surface area is 138 Å². The van der Waals surface area contributed by atoms with Crippen LogP contribution in [0.2, 0.25) is 0 Å². The first kappa shape index (κ1) is 16.5. The number of aryl methyl sites for hydroxylation is 2. The first-order chi connectivity index (χ1) is 10.4. The van der Waals surface area contributed by atoms with E-state index in [1.165, 1.54) is 21.8 Å². The lowest BCUT2D eigenvalue weighted by atomic mass is 10.0. The van der Waals surface area contributed by atoms with Gasteiger partial charge in [-0.15, -0.1) is 0 Å². The minimum absolute atomic E-state index is 0.00740. The Hall–Kier alpha value is -1.88. The number of benzene rings is 1. The summed E-state index contributed by atoms with van der Waals surface area (Å²) in [5.41, 5.74) is 3.28. The molecule has 2 rings (SSSR count). The molecule has 0 saturated carbocycles. The monoisotopic (exact) mass is 362 g/mol.